The second-order valence-corrected chi connectivity index (χ2v) is 2.31. The van der Waals surface area contributed by atoms with E-state index >= 15 is 0 Å². The molecule has 1 aromatic rings. The number of hydrogen-bond donors (Lipinski definition) is 1. The molecule has 0 amide bonds. The molecule has 0 bridgehead atoms. The molecule has 0 aromatic carbocycles. The minimum Gasteiger partial charge on any atom is -0.396 e. The van der Waals surface area contributed by atoms with Crippen molar-refractivity contribution in [1.82, 2.24) is 4.98 Å². The third-order valence-electron chi connectivity index (χ3n) is 1.40. The van der Waals surface area contributed by atoms with Crippen LogP contribution in [0.5, 0.6) is 0 Å². The maximum atomic E-state index is 12.8. The number of nitrogens with zero attached hydrogens (tertiary/aromatic N) is 1. The molecule has 3 heteroatoms. The zero-order valence-corrected chi connectivity index (χ0v) is 6.57. The summed E-state index contributed by atoms with van der Waals surface area (Å²) in [5.41, 5.74) is 0.499. The molecule has 1 heterocycles. The van der Waals surface area contributed by atoms with Crippen molar-refractivity contribution >= 4 is 6.08 Å². The molecule has 0 saturated heterocycles. The van der Waals surface area contributed by atoms with E-state index in [1.54, 1.807) is 18.2 Å². The van der Waals surface area contributed by atoms with Crippen LogP contribution in [0, 0.1) is 5.82 Å². The van der Waals surface area contributed by atoms with E-state index in [4.69, 9.17) is 5.11 Å². The van der Waals surface area contributed by atoms with E-state index < -0.39 is 0 Å². The Morgan fingerprint density at radius 2 is 2.42 bits per heavy atom. The van der Waals surface area contributed by atoms with Gasteiger partial charge in [0.1, 0.15) is 5.82 Å². The molecule has 0 aliphatic heterocycles. The van der Waals surface area contributed by atoms with Crippen LogP contribution in [0.4, 0.5) is 4.39 Å². The zero-order chi connectivity index (χ0) is 8.81. The van der Waals surface area contributed by atoms with Crippen molar-refractivity contribution in [2.45, 2.75) is 6.42 Å². The molecule has 12 heavy (non-hydrogen) atoms. The van der Waals surface area contributed by atoms with Crippen molar-refractivity contribution in [3.63, 3.8) is 0 Å². The van der Waals surface area contributed by atoms with Gasteiger partial charge in [0.25, 0.3) is 0 Å². The number of hydrogen-bond acceptors (Lipinski definition) is 2. The van der Waals surface area contributed by atoms with Gasteiger partial charge in [0.2, 0.25) is 0 Å². The minimum absolute atomic E-state index is 0.0865. The summed E-state index contributed by atoms with van der Waals surface area (Å²) in [4.78, 5) is 3.61. The Labute approximate surface area is 70.4 Å². The van der Waals surface area contributed by atoms with Gasteiger partial charge >= 0.3 is 0 Å². The summed E-state index contributed by atoms with van der Waals surface area (Å²) < 4.78 is 12.8. The van der Waals surface area contributed by atoms with Crippen molar-refractivity contribution in [2.75, 3.05) is 6.61 Å². The van der Waals surface area contributed by atoms with E-state index in [0.29, 0.717) is 12.0 Å². The van der Waals surface area contributed by atoms with Gasteiger partial charge in [-0.3, -0.25) is 4.98 Å². The molecule has 0 saturated carbocycles. The van der Waals surface area contributed by atoms with Gasteiger partial charge in [-0.2, -0.15) is 0 Å². The van der Waals surface area contributed by atoms with Crippen molar-refractivity contribution in [3.8, 4) is 0 Å². The summed E-state index contributed by atoms with van der Waals surface area (Å²) in [6.07, 6.45) is 6.59. The molecular weight excluding hydrogens is 157 g/mol. The standard InChI is InChI=1S/C9H10FNO/c10-9-7-11-5-4-8(9)3-1-2-6-12/h1,3-5,7,12H,2,6H2. The Balaban J connectivity index is 2.68. The van der Waals surface area contributed by atoms with E-state index in [0.717, 1.165) is 0 Å². The smallest absolute Gasteiger partial charge is 0.148 e. The van der Waals surface area contributed by atoms with Crippen molar-refractivity contribution in [2.24, 2.45) is 0 Å². The maximum absolute atomic E-state index is 12.8. The Bertz CT molecular complexity index is 273. The van der Waals surface area contributed by atoms with Gasteiger partial charge in [-0.1, -0.05) is 12.2 Å². The van der Waals surface area contributed by atoms with E-state index in [-0.39, 0.29) is 12.4 Å². The molecule has 0 aliphatic carbocycles. The molecule has 0 atom stereocenters. The van der Waals surface area contributed by atoms with Gasteiger partial charge in [-0.05, 0) is 12.5 Å². The van der Waals surface area contributed by atoms with Crippen LogP contribution >= 0.6 is 0 Å². The highest BCUT2D eigenvalue weighted by atomic mass is 19.1. The quantitative estimate of drug-likeness (QED) is 0.742. The lowest BCUT2D eigenvalue weighted by Crippen LogP contribution is -1.83. The first kappa shape index (κ1) is 8.87. The molecule has 0 unspecified atom stereocenters. The van der Waals surface area contributed by atoms with Crippen LogP contribution in [0.3, 0.4) is 0 Å². The average Bonchev–Trinajstić information content (AvgIpc) is 2.09. The number of aliphatic hydroxyl groups excluding tert-OH is 1. The Morgan fingerprint density at radius 1 is 1.58 bits per heavy atom. The fourth-order valence-corrected chi connectivity index (χ4v) is 0.806. The Hall–Kier alpha value is -1.22. The minimum atomic E-state index is -0.341. The molecule has 0 fully saturated rings. The monoisotopic (exact) mass is 167 g/mol. The van der Waals surface area contributed by atoms with Crippen LogP contribution in [0.25, 0.3) is 6.08 Å². The van der Waals surface area contributed by atoms with Crippen LogP contribution in [0.2, 0.25) is 0 Å². The summed E-state index contributed by atoms with van der Waals surface area (Å²) in [6.45, 7) is 0.0865. The lowest BCUT2D eigenvalue weighted by atomic mass is 10.2. The Kier molecular flexibility index (Phi) is 3.41. The SMILES string of the molecule is OCCC=Cc1ccncc1F. The topological polar surface area (TPSA) is 33.1 Å². The second kappa shape index (κ2) is 4.62. The van der Waals surface area contributed by atoms with Crippen molar-refractivity contribution in [1.29, 1.82) is 0 Å². The number of halogens is 1. The van der Waals surface area contributed by atoms with Gasteiger partial charge in [0.15, 0.2) is 0 Å². The van der Waals surface area contributed by atoms with E-state index in [9.17, 15) is 4.39 Å². The lowest BCUT2D eigenvalue weighted by molar-refractivity contribution is 0.303. The predicted molar refractivity (Wildman–Crippen MR) is 44.9 cm³/mol. The van der Waals surface area contributed by atoms with E-state index in [2.05, 4.69) is 4.98 Å². The van der Waals surface area contributed by atoms with Crippen LogP contribution in [-0.2, 0) is 0 Å². The normalized spacial score (nSPS) is 10.8. The molecule has 1 rings (SSSR count). The fraction of sp³-hybridized carbons (Fsp3) is 0.222. The highest BCUT2D eigenvalue weighted by molar-refractivity contribution is 5.48. The maximum Gasteiger partial charge on any atom is 0.148 e. The molecular formula is C9H10FNO. The summed E-state index contributed by atoms with van der Waals surface area (Å²) >= 11 is 0. The summed E-state index contributed by atoms with van der Waals surface area (Å²) in [5, 5.41) is 8.46. The van der Waals surface area contributed by atoms with Gasteiger partial charge in [0.05, 0.1) is 6.20 Å². The van der Waals surface area contributed by atoms with Crippen LogP contribution in [-0.4, -0.2) is 16.7 Å². The van der Waals surface area contributed by atoms with Crippen LogP contribution in [0.15, 0.2) is 24.5 Å². The highest BCUT2D eigenvalue weighted by Crippen LogP contribution is 2.06. The zero-order valence-electron chi connectivity index (χ0n) is 6.57. The first-order valence-electron chi connectivity index (χ1n) is 3.71. The first-order valence-corrected chi connectivity index (χ1v) is 3.71. The van der Waals surface area contributed by atoms with Crippen LogP contribution in [0.1, 0.15) is 12.0 Å². The summed E-state index contributed by atoms with van der Waals surface area (Å²) in [5.74, 6) is -0.341. The number of pyridine rings is 1. The molecule has 2 nitrogen and oxygen atoms in total. The predicted octanol–water partition coefficient (Wildman–Crippen LogP) is 1.62. The van der Waals surface area contributed by atoms with E-state index in [1.165, 1.54) is 12.4 Å². The molecule has 1 aromatic heterocycles. The number of aromatic nitrogens is 1. The third kappa shape index (κ3) is 2.43. The van der Waals surface area contributed by atoms with Gasteiger partial charge in [-0.15, -0.1) is 0 Å². The van der Waals surface area contributed by atoms with E-state index in [1.807, 2.05) is 0 Å². The Morgan fingerprint density at radius 3 is 3.08 bits per heavy atom. The molecule has 0 radical (unpaired) electrons. The second-order valence-electron chi connectivity index (χ2n) is 2.31. The number of rotatable bonds is 3. The van der Waals surface area contributed by atoms with Crippen LogP contribution < -0.4 is 0 Å². The lowest BCUT2D eigenvalue weighted by Gasteiger charge is -1.93. The highest BCUT2D eigenvalue weighted by Gasteiger charge is 1.94. The summed E-state index contributed by atoms with van der Waals surface area (Å²) in [7, 11) is 0. The van der Waals surface area contributed by atoms with Gasteiger partial charge in [-0.25, -0.2) is 4.39 Å². The van der Waals surface area contributed by atoms with Gasteiger partial charge < -0.3 is 5.11 Å². The first-order chi connectivity index (χ1) is 5.84. The molecule has 0 spiro atoms. The fourth-order valence-electron chi connectivity index (χ4n) is 0.806. The average molecular weight is 167 g/mol. The molecule has 64 valence electrons. The summed E-state index contributed by atoms with van der Waals surface area (Å²) in [6, 6.07) is 1.59. The van der Waals surface area contributed by atoms with Crippen molar-refractivity contribution in [3.05, 3.63) is 35.9 Å². The molecule has 1 N–H and O–H groups in total. The number of aliphatic hydroxyl groups is 1. The van der Waals surface area contributed by atoms with Gasteiger partial charge in [0, 0.05) is 18.4 Å². The van der Waals surface area contributed by atoms with Crippen molar-refractivity contribution < 1.29 is 9.50 Å². The third-order valence-corrected chi connectivity index (χ3v) is 1.40. The largest absolute Gasteiger partial charge is 0.396 e. The molecule has 0 aliphatic rings.